The summed E-state index contributed by atoms with van der Waals surface area (Å²) in [6.45, 7) is 2.10. The van der Waals surface area contributed by atoms with Gasteiger partial charge in [0.15, 0.2) is 0 Å². The summed E-state index contributed by atoms with van der Waals surface area (Å²) >= 11 is 7.77. The molecule has 1 aromatic carbocycles. The van der Waals surface area contributed by atoms with Crippen molar-refractivity contribution in [3.05, 3.63) is 50.7 Å². The van der Waals surface area contributed by atoms with Gasteiger partial charge in [-0.25, -0.2) is 0 Å². The standard InChI is InChI=1S/C14H15ClO2S/c1-3-10-5-7-13(18-10)14(16)11-6-4-9(17-2)8-12(11)15/h4-8,14,16H,3H2,1-2H3. The van der Waals surface area contributed by atoms with Crippen LogP contribution in [0.25, 0.3) is 0 Å². The molecule has 0 aliphatic rings. The first-order valence-corrected chi connectivity index (χ1v) is 6.95. The number of hydrogen-bond acceptors (Lipinski definition) is 3. The molecule has 0 saturated heterocycles. The molecule has 1 heterocycles. The predicted octanol–water partition coefficient (Wildman–Crippen LogP) is 4.05. The molecule has 0 aliphatic carbocycles. The van der Waals surface area contributed by atoms with Crippen molar-refractivity contribution in [2.45, 2.75) is 19.4 Å². The molecule has 0 saturated carbocycles. The quantitative estimate of drug-likeness (QED) is 0.916. The number of ether oxygens (including phenoxy) is 1. The lowest BCUT2D eigenvalue weighted by Crippen LogP contribution is -1.98. The monoisotopic (exact) mass is 282 g/mol. The minimum Gasteiger partial charge on any atom is -0.497 e. The van der Waals surface area contributed by atoms with Crippen molar-refractivity contribution in [3.63, 3.8) is 0 Å². The van der Waals surface area contributed by atoms with Gasteiger partial charge in [-0.2, -0.15) is 0 Å². The van der Waals surface area contributed by atoms with Crippen molar-refractivity contribution in [1.82, 2.24) is 0 Å². The molecular weight excluding hydrogens is 268 g/mol. The van der Waals surface area contributed by atoms with Crippen LogP contribution >= 0.6 is 22.9 Å². The van der Waals surface area contributed by atoms with Gasteiger partial charge < -0.3 is 9.84 Å². The van der Waals surface area contributed by atoms with Crippen molar-refractivity contribution < 1.29 is 9.84 Å². The second kappa shape index (κ2) is 5.74. The Morgan fingerprint density at radius 3 is 2.67 bits per heavy atom. The first-order valence-electron chi connectivity index (χ1n) is 5.75. The summed E-state index contributed by atoms with van der Waals surface area (Å²) in [6.07, 6.45) is 0.307. The highest BCUT2D eigenvalue weighted by Crippen LogP contribution is 2.34. The van der Waals surface area contributed by atoms with E-state index in [9.17, 15) is 5.11 Å². The Hall–Kier alpha value is -1.03. The van der Waals surface area contributed by atoms with Crippen molar-refractivity contribution >= 4 is 22.9 Å². The van der Waals surface area contributed by atoms with E-state index in [0.29, 0.717) is 16.3 Å². The van der Waals surface area contributed by atoms with Crippen molar-refractivity contribution in [2.75, 3.05) is 7.11 Å². The molecule has 1 atom stereocenters. The molecule has 0 amide bonds. The Bertz CT molecular complexity index is 536. The molecule has 0 spiro atoms. The zero-order chi connectivity index (χ0) is 13.1. The summed E-state index contributed by atoms with van der Waals surface area (Å²) in [4.78, 5) is 2.17. The average Bonchev–Trinajstić information content (AvgIpc) is 2.86. The van der Waals surface area contributed by atoms with Crippen LogP contribution in [-0.4, -0.2) is 12.2 Å². The van der Waals surface area contributed by atoms with Gasteiger partial charge in [-0.05, 0) is 30.7 Å². The van der Waals surface area contributed by atoms with Crippen molar-refractivity contribution in [1.29, 1.82) is 0 Å². The topological polar surface area (TPSA) is 29.5 Å². The van der Waals surface area contributed by atoms with Gasteiger partial charge in [0.05, 0.1) is 12.1 Å². The van der Waals surface area contributed by atoms with E-state index in [1.807, 2.05) is 12.1 Å². The maximum Gasteiger partial charge on any atom is 0.120 e. The average molecular weight is 283 g/mol. The molecule has 2 aromatic rings. The number of thiophene rings is 1. The molecule has 2 rings (SSSR count). The fourth-order valence-corrected chi connectivity index (χ4v) is 2.97. The molecule has 18 heavy (non-hydrogen) atoms. The number of hydrogen-bond donors (Lipinski definition) is 1. The minimum atomic E-state index is -0.672. The van der Waals surface area contributed by atoms with Crippen LogP contribution in [0.5, 0.6) is 5.75 Å². The predicted molar refractivity (Wildman–Crippen MR) is 75.8 cm³/mol. The van der Waals surface area contributed by atoms with Crippen molar-refractivity contribution in [3.8, 4) is 5.75 Å². The molecule has 0 bridgehead atoms. The summed E-state index contributed by atoms with van der Waals surface area (Å²) in [5, 5.41) is 10.9. The van der Waals surface area contributed by atoms with Gasteiger partial charge in [-0.15, -0.1) is 11.3 Å². The van der Waals surface area contributed by atoms with E-state index in [4.69, 9.17) is 16.3 Å². The molecule has 0 fully saturated rings. The number of benzene rings is 1. The van der Waals surface area contributed by atoms with Gasteiger partial charge in [0.1, 0.15) is 11.9 Å². The summed E-state index contributed by atoms with van der Waals surface area (Å²) < 4.78 is 5.09. The molecule has 1 unspecified atom stereocenters. The van der Waals surface area contributed by atoms with Crippen LogP contribution in [0.3, 0.4) is 0 Å². The third-order valence-corrected chi connectivity index (χ3v) is 4.41. The van der Waals surface area contributed by atoms with Gasteiger partial charge in [-0.1, -0.05) is 24.6 Å². The molecule has 4 heteroatoms. The number of aliphatic hydroxyl groups excluding tert-OH is 1. The summed E-state index contributed by atoms with van der Waals surface area (Å²) in [5.41, 5.74) is 0.710. The fraction of sp³-hybridized carbons (Fsp3) is 0.286. The number of aryl methyl sites for hydroxylation is 1. The smallest absolute Gasteiger partial charge is 0.120 e. The molecular formula is C14H15ClO2S. The number of halogens is 1. The lowest BCUT2D eigenvalue weighted by molar-refractivity contribution is 0.224. The van der Waals surface area contributed by atoms with E-state index in [1.165, 1.54) is 4.88 Å². The van der Waals surface area contributed by atoms with Crippen molar-refractivity contribution in [2.24, 2.45) is 0 Å². The Morgan fingerprint density at radius 2 is 2.11 bits per heavy atom. The lowest BCUT2D eigenvalue weighted by Gasteiger charge is -2.12. The van der Waals surface area contributed by atoms with Gasteiger partial charge in [-0.3, -0.25) is 0 Å². The Morgan fingerprint density at radius 1 is 1.33 bits per heavy atom. The maximum absolute atomic E-state index is 10.3. The van der Waals surface area contributed by atoms with E-state index < -0.39 is 6.10 Å². The van der Waals surface area contributed by atoms with E-state index >= 15 is 0 Å². The van der Waals surface area contributed by atoms with E-state index in [-0.39, 0.29) is 0 Å². The van der Waals surface area contributed by atoms with Crippen LogP contribution in [-0.2, 0) is 6.42 Å². The maximum atomic E-state index is 10.3. The molecule has 1 N–H and O–H groups in total. The van der Waals surface area contributed by atoms with Crippen LogP contribution in [0.4, 0.5) is 0 Å². The summed E-state index contributed by atoms with van der Waals surface area (Å²) in [6, 6.07) is 9.32. The van der Waals surface area contributed by atoms with Gasteiger partial charge in [0, 0.05) is 15.3 Å². The second-order valence-corrected chi connectivity index (χ2v) is 5.55. The summed E-state index contributed by atoms with van der Waals surface area (Å²) in [5.74, 6) is 0.691. The lowest BCUT2D eigenvalue weighted by atomic mass is 10.1. The first-order chi connectivity index (χ1) is 8.65. The number of aliphatic hydroxyl groups is 1. The largest absolute Gasteiger partial charge is 0.497 e. The van der Waals surface area contributed by atoms with Crippen LogP contribution < -0.4 is 4.74 Å². The Balaban J connectivity index is 2.30. The number of methoxy groups -OCH3 is 1. The van der Waals surface area contributed by atoms with Gasteiger partial charge >= 0.3 is 0 Å². The van der Waals surface area contributed by atoms with Gasteiger partial charge in [0.25, 0.3) is 0 Å². The normalized spacial score (nSPS) is 12.4. The van der Waals surface area contributed by atoms with E-state index in [1.54, 1.807) is 36.6 Å². The SMILES string of the molecule is CCc1ccc(C(O)c2ccc(OC)cc2Cl)s1. The molecule has 2 nitrogen and oxygen atoms in total. The zero-order valence-electron chi connectivity index (χ0n) is 10.3. The van der Waals surface area contributed by atoms with Crippen LogP contribution in [0.15, 0.2) is 30.3 Å². The highest BCUT2D eigenvalue weighted by molar-refractivity contribution is 7.12. The molecule has 0 aliphatic heterocycles. The number of rotatable bonds is 4. The molecule has 1 aromatic heterocycles. The van der Waals surface area contributed by atoms with E-state index in [0.717, 1.165) is 11.3 Å². The van der Waals surface area contributed by atoms with Crippen LogP contribution in [0.1, 0.15) is 28.3 Å². The Kier molecular flexibility index (Phi) is 4.27. The summed E-state index contributed by atoms with van der Waals surface area (Å²) in [7, 11) is 1.59. The van der Waals surface area contributed by atoms with Crippen LogP contribution in [0.2, 0.25) is 5.02 Å². The second-order valence-electron chi connectivity index (χ2n) is 3.95. The van der Waals surface area contributed by atoms with Crippen LogP contribution in [0, 0.1) is 0 Å². The molecule has 96 valence electrons. The third-order valence-electron chi connectivity index (χ3n) is 2.80. The molecule has 0 radical (unpaired) electrons. The van der Waals surface area contributed by atoms with Gasteiger partial charge in [0.2, 0.25) is 0 Å². The Labute approximate surface area is 116 Å². The fourth-order valence-electron chi connectivity index (χ4n) is 1.74. The highest BCUT2D eigenvalue weighted by Gasteiger charge is 2.16. The third kappa shape index (κ3) is 2.69. The van der Waals surface area contributed by atoms with E-state index in [2.05, 4.69) is 6.92 Å². The highest BCUT2D eigenvalue weighted by atomic mass is 35.5. The zero-order valence-corrected chi connectivity index (χ0v) is 11.9. The first kappa shape index (κ1) is 13.4. The minimum absolute atomic E-state index is 0.522.